The SMILES string of the molecule is Cc1ncsc1-c1ccc(CNC(=O)[C@@H]2C[C@@H](O)CN2C(=O)C(c2cc(Oc3ccc(OC4CC(NC(=O)C[C@@H]5N=C(c6ccc(Cl)cc6)c6c(sc(C)c6C)-n6c(C)nnc65)C4)nc3)no2)C(C)C)cc1. The molecular weight excluding hydrogens is 976 g/mol. The molecule has 3 amide bonds. The molecule has 72 heavy (non-hydrogen) atoms. The van der Waals surface area contributed by atoms with Gasteiger partial charge in [0.15, 0.2) is 11.6 Å². The summed E-state index contributed by atoms with van der Waals surface area (Å²) in [4.78, 5) is 59.1. The van der Waals surface area contributed by atoms with Crippen molar-refractivity contribution in [2.24, 2.45) is 10.9 Å². The number of rotatable bonds is 15. The van der Waals surface area contributed by atoms with Crippen LogP contribution in [0, 0.1) is 33.6 Å². The summed E-state index contributed by atoms with van der Waals surface area (Å²) in [6, 6.07) is 18.9. The highest BCUT2D eigenvalue weighted by Gasteiger charge is 2.43. The minimum atomic E-state index is -0.857. The average Bonchev–Trinajstić information content (AvgIpc) is 4.19. The van der Waals surface area contributed by atoms with Gasteiger partial charge in [-0.3, -0.25) is 23.9 Å². The second-order valence-electron chi connectivity index (χ2n) is 18.9. The minimum absolute atomic E-state index is 0.0158. The van der Waals surface area contributed by atoms with E-state index in [2.05, 4.69) is 49.8 Å². The number of aliphatic hydroxyl groups is 1. The number of nitrogens with zero attached hydrogens (tertiary/aromatic N) is 8. The third-order valence-electron chi connectivity index (χ3n) is 13.5. The Morgan fingerprint density at radius 2 is 1.71 bits per heavy atom. The number of aryl methyl sites for hydroxylation is 3. The molecule has 2 fully saturated rings. The Labute approximate surface area is 428 Å². The van der Waals surface area contributed by atoms with E-state index in [-0.39, 0.29) is 73.4 Å². The molecule has 1 saturated carbocycles. The van der Waals surface area contributed by atoms with Gasteiger partial charge in [0.1, 0.15) is 40.7 Å². The highest BCUT2D eigenvalue weighted by atomic mass is 35.5. The normalized spacial score (nSPS) is 19.7. The zero-order chi connectivity index (χ0) is 50.4. The van der Waals surface area contributed by atoms with Crippen molar-refractivity contribution in [2.75, 3.05) is 6.54 Å². The lowest BCUT2D eigenvalue weighted by Gasteiger charge is -2.35. The molecule has 1 aliphatic carbocycles. The molecule has 1 unspecified atom stereocenters. The van der Waals surface area contributed by atoms with Crippen molar-refractivity contribution in [3.8, 4) is 33.0 Å². The summed E-state index contributed by atoms with van der Waals surface area (Å²) in [5, 5.41) is 31.4. The number of benzene rings is 2. The van der Waals surface area contributed by atoms with E-state index < -0.39 is 24.1 Å². The van der Waals surface area contributed by atoms with Crippen molar-refractivity contribution in [1.82, 2.24) is 45.4 Å². The Morgan fingerprint density at radius 1 is 0.944 bits per heavy atom. The molecule has 5 aromatic heterocycles. The number of nitrogens with one attached hydrogen (secondary N) is 2. The van der Waals surface area contributed by atoms with Gasteiger partial charge in [0.05, 0.1) is 40.5 Å². The molecule has 2 aromatic carbocycles. The van der Waals surface area contributed by atoms with E-state index in [1.807, 2.05) is 86.3 Å². The van der Waals surface area contributed by atoms with Crippen LogP contribution in [0.5, 0.6) is 17.5 Å². The fourth-order valence-corrected chi connectivity index (χ4v) is 11.7. The minimum Gasteiger partial charge on any atom is -0.474 e. The molecule has 7 heterocycles. The monoisotopic (exact) mass is 1030 g/mol. The number of hydrogen-bond donors (Lipinski definition) is 3. The van der Waals surface area contributed by atoms with Crippen LogP contribution in [-0.2, 0) is 20.9 Å². The highest BCUT2D eigenvalue weighted by Crippen LogP contribution is 2.40. The van der Waals surface area contributed by atoms with Crippen molar-refractivity contribution in [3.63, 3.8) is 0 Å². The van der Waals surface area contributed by atoms with Gasteiger partial charge < -0.3 is 34.6 Å². The number of thiazole rings is 1. The summed E-state index contributed by atoms with van der Waals surface area (Å²) in [6.07, 6.45) is 1.90. The quantitative estimate of drug-likeness (QED) is 0.0882. The van der Waals surface area contributed by atoms with E-state index in [4.69, 9.17) is 30.6 Å². The zero-order valence-electron chi connectivity index (χ0n) is 40.5. The standard InChI is InChI=1S/C52H53ClN10O7S2/c1-26(2)45(51(67)62-24-36(64)19-40(62)50(66)55-22-31-7-9-33(10-8-31)48-28(4)56-25-71-48)41-21-44(61-70-41)68-37-15-16-43(54-23-37)69-38-17-35(18-38)57-42(65)20-39-49-60-59-30(6)63(49)52-46(27(3)29(5)72-52)47(58-39)32-11-13-34(53)14-12-32/h7-16,21,23,25-26,35-36,38-40,45,64H,17-20,22,24H2,1-6H3,(H,55,66)(H,57,65)/t35?,36-,38?,39+,40+,45?/m1/s1. The molecule has 17 nitrogen and oxygen atoms in total. The summed E-state index contributed by atoms with van der Waals surface area (Å²) in [5.41, 5.74) is 8.57. The van der Waals surface area contributed by atoms with Crippen LogP contribution in [0.15, 0.2) is 88.0 Å². The molecule has 7 aromatic rings. The van der Waals surface area contributed by atoms with Crippen LogP contribution in [0.3, 0.4) is 0 Å². The number of likely N-dealkylation sites (tertiary alicyclic amines) is 1. The van der Waals surface area contributed by atoms with E-state index in [0.29, 0.717) is 35.3 Å². The molecule has 2 aliphatic heterocycles. The molecule has 0 bridgehead atoms. The smallest absolute Gasteiger partial charge is 0.259 e. The van der Waals surface area contributed by atoms with E-state index in [1.54, 1.807) is 40.9 Å². The molecule has 3 aliphatic rings. The number of hydrogen-bond acceptors (Lipinski definition) is 15. The van der Waals surface area contributed by atoms with Crippen molar-refractivity contribution in [2.45, 2.75) is 110 Å². The van der Waals surface area contributed by atoms with E-state index >= 15 is 0 Å². The Bertz CT molecular complexity index is 3160. The number of fused-ring (bicyclic) bond motifs is 3. The molecule has 1 saturated heterocycles. The number of thiophene rings is 1. The first-order valence-corrected chi connectivity index (χ1v) is 25.9. The molecule has 372 valence electrons. The van der Waals surface area contributed by atoms with Gasteiger partial charge in [-0.15, -0.1) is 32.9 Å². The topological polar surface area (TPSA) is 212 Å². The number of ether oxygens (including phenoxy) is 2. The van der Waals surface area contributed by atoms with Crippen LogP contribution in [0.25, 0.3) is 15.4 Å². The van der Waals surface area contributed by atoms with Crippen molar-refractivity contribution in [1.29, 1.82) is 0 Å². The van der Waals surface area contributed by atoms with Crippen molar-refractivity contribution in [3.05, 3.63) is 134 Å². The molecule has 0 radical (unpaired) electrons. The van der Waals surface area contributed by atoms with E-state index in [9.17, 15) is 19.5 Å². The number of aliphatic hydroxyl groups excluding tert-OH is 1. The molecule has 4 atom stereocenters. The van der Waals surface area contributed by atoms with E-state index in [0.717, 1.165) is 54.9 Å². The summed E-state index contributed by atoms with van der Waals surface area (Å²) in [7, 11) is 0. The first-order valence-electron chi connectivity index (χ1n) is 23.9. The second kappa shape index (κ2) is 20.4. The van der Waals surface area contributed by atoms with Gasteiger partial charge in [0, 0.05) is 71.6 Å². The van der Waals surface area contributed by atoms with Gasteiger partial charge in [-0.25, -0.2) is 9.97 Å². The maximum absolute atomic E-state index is 14.2. The Morgan fingerprint density at radius 3 is 2.42 bits per heavy atom. The van der Waals surface area contributed by atoms with Gasteiger partial charge in [-0.1, -0.05) is 61.8 Å². The first-order chi connectivity index (χ1) is 34.7. The number of aliphatic imine (C=N–C) groups is 1. The number of amides is 3. The fraction of sp³-hybridized carbons (Fsp3) is 0.365. The lowest BCUT2D eigenvalue weighted by Crippen LogP contribution is -2.49. The average molecular weight is 1030 g/mol. The van der Waals surface area contributed by atoms with Crippen molar-refractivity contribution >= 4 is 57.7 Å². The summed E-state index contributed by atoms with van der Waals surface area (Å²) in [5.74, 6) is 0.622. The van der Waals surface area contributed by atoms with Crippen LogP contribution >= 0.6 is 34.3 Å². The fourth-order valence-electron chi connectivity index (χ4n) is 9.51. The van der Waals surface area contributed by atoms with Crippen LogP contribution < -0.4 is 20.1 Å². The summed E-state index contributed by atoms with van der Waals surface area (Å²) in [6.45, 7) is 12.1. The van der Waals surface area contributed by atoms with Gasteiger partial charge in [0.2, 0.25) is 23.6 Å². The van der Waals surface area contributed by atoms with Crippen LogP contribution in [0.2, 0.25) is 5.02 Å². The zero-order valence-corrected chi connectivity index (χ0v) is 42.8. The number of β-amino-alcohol motifs (C(OH)–C–C–N with tert-alkyl or cyclic N) is 1. The predicted octanol–water partition coefficient (Wildman–Crippen LogP) is 8.54. The number of carbonyl (C=O) groups is 3. The maximum atomic E-state index is 14.2. The Kier molecular flexibility index (Phi) is 13.8. The highest BCUT2D eigenvalue weighted by molar-refractivity contribution is 7.15. The van der Waals surface area contributed by atoms with Gasteiger partial charge in [-0.05, 0) is 73.7 Å². The lowest BCUT2D eigenvalue weighted by molar-refractivity contribution is -0.141. The Hall–Kier alpha value is -6.80. The number of pyridine rings is 1. The second-order valence-corrected chi connectivity index (χ2v) is 21.4. The van der Waals surface area contributed by atoms with Crippen LogP contribution in [0.1, 0.15) is 102 Å². The maximum Gasteiger partial charge on any atom is 0.259 e. The molecular formula is C52H53ClN10O7S2. The van der Waals surface area contributed by atoms with Crippen LogP contribution in [-0.4, -0.2) is 94.2 Å². The molecule has 0 spiro atoms. The molecule has 20 heteroatoms. The number of halogens is 1. The third kappa shape index (κ3) is 10.0. The van der Waals surface area contributed by atoms with E-state index in [1.165, 1.54) is 16.0 Å². The van der Waals surface area contributed by atoms with Gasteiger partial charge >= 0.3 is 0 Å². The van der Waals surface area contributed by atoms with Gasteiger partial charge in [-0.2, -0.15) is 0 Å². The molecule has 3 N–H and O–H groups in total. The number of aromatic nitrogens is 6. The third-order valence-corrected chi connectivity index (χ3v) is 15.9. The Balaban J connectivity index is 0.719. The number of carbonyl (C=O) groups excluding carboxylic acids is 3. The van der Waals surface area contributed by atoms with Crippen LogP contribution in [0.4, 0.5) is 0 Å². The summed E-state index contributed by atoms with van der Waals surface area (Å²) < 4.78 is 19.8. The largest absolute Gasteiger partial charge is 0.474 e. The van der Waals surface area contributed by atoms with Crippen molar-refractivity contribution < 1.29 is 33.5 Å². The predicted molar refractivity (Wildman–Crippen MR) is 272 cm³/mol. The van der Waals surface area contributed by atoms with Gasteiger partial charge in [0.25, 0.3) is 5.88 Å². The first kappa shape index (κ1) is 48.8. The summed E-state index contributed by atoms with van der Waals surface area (Å²) >= 11 is 9.51. The molecule has 10 rings (SSSR count). The lowest BCUT2D eigenvalue weighted by atomic mass is 9.89.